The van der Waals surface area contributed by atoms with Gasteiger partial charge in [0, 0.05) is 11.8 Å². The minimum atomic E-state index is -1.20. The standard InChI is InChI=1S/C11H9N3O3/c12-11-13-5-8(9(14-11)10(16)17)6-2-1-3-7(15)4-6/h1-5,15H,(H,16,17)(H2,12,13,14). The van der Waals surface area contributed by atoms with Gasteiger partial charge in [0.05, 0.1) is 0 Å². The molecule has 0 bridgehead atoms. The summed E-state index contributed by atoms with van der Waals surface area (Å²) in [6.07, 6.45) is 1.32. The first-order valence-electron chi connectivity index (χ1n) is 4.73. The van der Waals surface area contributed by atoms with Gasteiger partial charge in [0.1, 0.15) is 5.75 Å². The van der Waals surface area contributed by atoms with Gasteiger partial charge in [-0.3, -0.25) is 0 Å². The molecule has 0 aliphatic rings. The van der Waals surface area contributed by atoms with E-state index in [0.717, 1.165) is 0 Å². The number of aromatic carboxylic acids is 1. The van der Waals surface area contributed by atoms with Crippen LogP contribution in [0.2, 0.25) is 0 Å². The second kappa shape index (κ2) is 4.09. The number of aromatic hydroxyl groups is 1. The molecule has 1 heterocycles. The summed E-state index contributed by atoms with van der Waals surface area (Å²) in [7, 11) is 0. The Morgan fingerprint density at radius 1 is 1.35 bits per heavy atom. The quantitative estimate of drug-likeness (QED) is 0.714. The zero-order valence-electron chi connectivity index (χ0n) is 8.66. The van der Waals surface area contributed by atoms with E-state index in [1.54, 1.807) is 12.1 Å². The SMILES string of the molecule is Nc1ncc(-c2cccc(O)c2)c(C(=O)O)n1. The van der Waals surface area contributed by atoms with Crippen molar-refractivity contribution >= 4 is 11.9 Å². The lowest BCUT2D eigenvalue weighted by Crippen LogP contribution is -2.07. The fraction of sp³-hybridized carbons (Fsp3) is 0. The monoisotopic (exact) mass is 231 g/mol. The summed E-state index contributed by atoms with van der Waals surface area (Å²) in [6, 6.07) is 6.18. The van der Waals surface area contributed by atoms with Crippen molar-refractivity contribution in [1.29, 1.82) is 0 Å². The molecule has 0 saturated heterocycles. The van der Waals surface area contributed by atoms with E-state index in [9.17, 15) is 9.90 Å². The summed E-state index contributed by atoms with van der Waals surface area (Å²) in [4.78, 5) is 18.4. The Kier molecular flexibility index (Phi) is 2.61. The molecule has 2 rings (SSSR count). The first-order valence-corrected chi connectivity index (χ1v) is 4.73. The molecule has 6 nitrogen and oxygen atoms in total. The number of benzene rings is 1. The number of hydrogen-bond acceptors (Lipinski definition) is 5. The highest BCUT2D eigenvalue weighted by atomic mass is 16.4. The first kappa shape index (κ1) is 10.9. The maximum Gasteiger partial charge on any atom is 0.355 e. The van der Waals surface area contributed by atoms with Crippen LogP contribution >= 0.6 is 0 Å². The minimum absolute atomic E-state index is 0.0377. The number of nitrogen functional groups attached to an aromatic ring is 1. The molecule has 0 atom stereocenters. The molecule has 0 unspecified atom stereocenters. The van der Waals surface area contributed by atoms with Gasteiger partial charge in [0.2, 0.25) is 5.95 Å². The van der Waals surface area contributed by atoms with E-state index in [0.29, 0.717) is 11.1 Å². The van der Waals surface area contributed by atoms with Crippen molar-refractivity contribution in [3.05, 3.63) is 36.2 Å². The molecule has 0 saturated carbocycles. The van der Waals surface area contributed by atoms with Crippen molar-refractivity contribution in [2.75, 3.05) is 5.73 Å². The second-order valence-electron chi connectivity index (χ2n) is 3.35. The summed E-state index contributed by atoms with van der Waals surface area (Å²) in [5.41, 5.74) is 5.97. The highest BCUT2D eigenvalue weighted by molar-refractivity contribution is 5.94. The van der Waals surface area contributed by atoms with E-state index in [4.69, 9.17) is 10.8 Å². The van der Waals surface area contributed by atoms with Gasteiger partial charge in [-0.1, -0.05) is 12.1 Å². The lowest BCUT2D eigenvalue weighted by Gasteiger charge is -2.05. The maximum atomic E-state index is 11.0. The molecule has 0 aliphatic heterocycles. The lowest BCUT2D eigenvalue weighted by molar-refractivity contribution is 0.0691. The van der Waals surface area contributed by atoms with Crippen LogP contribution in [0.1, 0.15) is 10.5 Å². The summed E-state index contributed by atoms with van der Waals surface area (Å²) >= 11 is 0. The third-order valence-electron chi connectivity index (χ3n) is 2.17. The number of hydrogen-bond donors (Lipinski definition) is 3. The highest BCUT2D eigenvalue weighted by Gasteiger charge is 2.15. The van der Waals surface area contributed by atoms with E-state index in [1.165, 1.54) is 18.3 Å². The molecule has 6 heteroatoms. The summed E-state index contributed by atoms with van der Waals surface area (Å²) < 4.78 is 0. The van der Waals surface area contributed by atoms with Gasteiger partial charge < -0.3 is 15.9 Å². The molecule has 86 valence electrons. The van der Waals surface area contributed by atoms with Crippen molar-refractivity contribution in [1.82, 2.24) is 9.97 Å². The summed E-state index contributed by atoms with van der Waals surface area (Å²) in [5.74, 6) is -1.26. The Morgan fingerprint density at radius 2 is 2.12 bits per heavy atom. The molecule has 1 aromatic carbocycles. The molecule has 0 amide bonds. The normalized spacial score (nSPS) is 10.1. The first-order chi connectivity index (χ1) is 8.08. The molecule has 4 N–H and O–H groups in total. The topological polar surface area (TPSA) is 109 Å². The Hall–Kier alpha value is -2.63. The van der Waals surface area contributed by atoms with E-state index in [-0.39, 0.29) is 17.4 Å². The summed E-state index contributed by atoms with van der Waals surface area (Å²) in [6.45, 7) is 0. The van der Waals surface area contributed by atoms with Crippen LogP contribution in [0.3, 0.4) is 0 Å². The van der Waals surface area contributed by atoms with Gasteiger partial charge in [-0.25, -0.2) is 14.8 Å². The van der Waals surface area contributed by atoms with Crippen molar-refractivity contribution in [2.45, 2.75) is 0 Å². The van der Waals surface area contributed by atoms with Crippen LogP contribution in [0.4, 0.5) is 5.95 Å². The predicted octanol–water partition coefficient (Wildman–Crippen LogP) is 1.13. The van der Waals surface area contributed by atoms with Crippen molar-refractivity contribution in [2.24, 2.45) is 0 Å². The molecule has 0 fully saturated rings. The number of carboxylic acid groups (broad SMARTS) is 1. The van der Waals surface area contributed by atoms with Crippen LogP contribution in [-0.4, -0.2) is 26.2 Å². The number of phenols is 1. The van der Waals surface area contributed by atoms with Gasteiger partial charge in [0.25, 0.3) is 0 Å². The number of phenolic OH excluding ortho intramolecular Hbond substituents is 1. The minimum Gasteiger partial charge on any atom is -0.508 e. The number of aromatic nitrogens is 2. The smallest absolute Gasteiger partial charge is 0.355 e. The Bertz CT molecular complexity index is 584. The summed E-state index contributed by atoms with van der Waals surface area (Å²) in [5, 5.41) is 18.4. The van der Waals surface area contributed by atoms with E-state index >= 15 is 0 Å². The lowest BCUT2D eigenvalue weighted by atomic mass is 10.1. The zero-order chi connectivity index (χ0) is 12.4. The number of anilines is 1. The van der Waals surface area contributed by atoms with Gasteiger partial charge in [-0.2, -0.15) is 0 Å². The van der Waals surface area contributed by atoms with Crippen LogP contribution in [0.5, 0.6) is 5.75 Å². The average Bonchev–Trinajstić information content (AvgIpc) is 2.28. The van der Waals surface area contributed by atoms with Gasteiger partial charge in [-0.05, 0) is 17.7 Å². The third-order valence-corrected chi connectivity index (χ3v) is 2.17. The van der Waals surface area contributed by atoms with E-state index < -0.39 is 5.97 Å². The van der Waals surface area contributed by atoms with Crippen LogP contribution in [0.15, 0.2) is 30.5 Å². The molecule has 2 aromatic rings. The third kappa shape index (κ3) is 2.15. The predicted molar refractivity (Wildman–Crippen MR) is 60.5 cm³/mol. The van der Waals surface area contributed by atoms with Crippen molar-refractivity contribution in [3.63, 3.8) is 0 Å². The molecule has 1 aromatic heterocycles. The zero-order valence-corrected chi connectivity index (χ0v) is 8.66. The van der Waals surface area contributed by atoms with Crippen LogP contribution in [-0.2, 0) is 0 Å². The van der Waals surface area contributed by atoms with Crippen molar-refractivity contribution in [3.8, 4) is 16.9 Å². The number of nitrogens with zero attached hydrogens (tertiary/aromatic N) is 2. The fourth-order valence-corrected chi connectivity index (χ4v) is 1.44. The van der Waals surface area contributed by atoms with Crippen molar-refractivity contribution < 1.29 is 15.0 Å². The van der Waals surface area contributed by atoms with Gasteiger partial charge >= 0.3 is 5.97 Å². The van der Waals surface area contributed by atoms with E-state index in [2.05, 4.69) is 9.97 Å². The Balaban J connectivity index is 2.63. The Morgan fingerprint density at radius 3 is 2.76 bits per heavy atom. The van der Waals surface area contributed by atoms with E-state index in [1.807, 2.05) is 0 Å². The highest BCUT2D eigenvalue weighted by Crippen LogP contribution is 2.25. The molecular formula is C11H9N3O3. The second-order valence-corrected chi connectivity index (χ2v) is 3.35. The van der Waals surface area contributed by atoms with Crippen LogP contribution < -0.4 is 5.73 Å². The fourth-order valence-electron chi connectivity index (χ4n) is 1.44. The average molecular weight is 231 g/mol. The number of nitrogens with two attached hydrogens (primary N) is 1. The largest absolute Gasteiger partial charge is 0.508 e. The molecule has 17 heavy (non-hydrogen) atoms. The molecule has 0 spiro atoms. The van der Waals surface area contributed by atoms with Gasteiger partial charge in [0.15, 0.2) is 5.69 Å². The number of rotatable bonds is 2. The maximum absolute atomic E-state index is 11.0. The molecule has 0 radical (unpaired) electrons. The molecular weight excluding hydrogens is 222 g/mol. The Labute approximate surface area is 96.4 Å². The van der Waals surface area contributed by atoms with Crippen LogP contribution in [0, 0.1) is 0 Å². The molecule has 0 aliphatic carbocycles. The number of carbonyl (C=O) groups is 1. The number of carboxylic acids is 1. The van der Waals surface area contributed by atoms with Gasteiger partial charge in [-0.15, -0.1) is 0 Å². The van der Waals surface area contributed by atoms with Crippen LogP contribution in [0.25, 0.3) is 11.1 Å².